The predicted molar refractivity (Wildman–Crippen MR) is 112 cm³/mol. The second-order valence-corrected chi connectivity index (χ2v) is 8.89. The molecule has 27 heavy (non-hydrogen) atoms. The van der Waals surface area contributed by atoms with E-state index in [1.807, 2.05) is 41.1 Å². The molecule has 0 spiro atoms. The summed E-state index contributed by atoms with van der Waals surface area (Å²) in [6, 6.07) is 4.30. The minimum Gasteiger partial charge on any atom is -0.398 e. The van der Waals surface area contributed by atoms with Crippen molar-refractivity contribution in [1.29, 1.82) is 0 Å². The summed E-state index contributed by atoms with van der Waals surface area (Å²) < 4.78 is 1.95. The van der Waals surface area contributed by atoms with Gasteiger partial charge < -0.3 is 26.1 Å². The van der Waals surface area contributed by atoms with Crippen molar-refractivity contribution in [3.63, 3.8) is 0 Å². The fraction of sp³-hybridized carbons (Fsp3) is 0.476. The number of pyridine rings is 1. The first-order valence-electron chi connectivity index (χ1n) is 9.45. The molecule has 0 radical (unpaired) electrons. The van der Waals surface area contributed by atoms with Crippen LogP contribution in [0, 0.1) is 0 Å². The molecule has 0 saturated carbocycles. The zero-order chi connectivity index (χ0) is 19.8. The molecule has 5 N–H and O–H groups in total. The molecule has 1 fully saturated rings. The Morgan fingerprint density at radius 2 is 1.85 bits per heavy atom. The predicted octanol–water partition coefficient (Wildman–Crippen LogP) is 2.67. The molecule has 1 aliphatic heterocycles. The number of hydrogen-bond acceptors (Lipinski definition) is 5. The van der Waals surface area contributed by atoms with Crippen LogP contribution in [0.4, 0.5) is 0 Å². The van der Waals surface area contributed by atoms with Crippen LogP contribution in [0.1, 0.15) is 46.1 Å². The number of nitrogens with zero attached hydrogens (tertiary/aromatic N) is 3. The Morgan fingerprint density at radius 1 is 1.19 bits per heavy atom. The van der Waals surface area contributed by atoms with E-state index >= 15 is 0 Å². The average Bonchev–Trinajstić information content (AvgIpc) is 3.03. The highest BCUT2D eigenvalue weighted by molar-refractivity contribution is 5.65. The Morgan fingerprint density at radius 3 is 2.52 bits per heavy atom. The first-order chi connectivity index (χ1) is 12.6. The van der Waals surface area contributed by atoms with Gasteiger partial charge in [-0.15, -0.1) is 0 Å². The van der Waals surface area contributed by atoms with Crippen LogP contribution in [-0.2, 0) is 0 Å². The van der Waals surface area contributed by atoms with Gasteiger partial charge in [-0.1, -0.05) is 0 Å². The van der Waals surface area contributed by atoms with Crippen LogP contribution in [0.15, 0.2) is 48.7 Å². The van der Waals surface area contributed by atoms with Crippen molar-refractivity contribution in [1.82, 2.24) is 19.6 Å². The van der Waals surface area contributed by atoms with Gasteiger partial charge in [0.1, 0.15) is 5.65 Å². The number of piperidine rings is 1. The van der Waals surface area contributed by atoms with Crippen LogP contribution in [0.2, 0.25) is 0 Å². The number of hydrogen-bond donors (Lipinski definition) is 3. The second kappa shape index (κ2) is 6.93. The minimum absolute atomic E-state index is 0.0794. The van der Waals surface area contributed by atoms with Crippen molar-refractivity contribution in [2.45, 2.75) is 57.7 Å². The first kappa shape index (κ1) is 19.3. The lowest BCUT2D eigenvalue weighted by Crippen LogP contribution is -2.61. The normalized spacial score (nSPS) is 20.8. The number of imidazole rings is 1. The first-order valence-corrected chi connectivity index (χ1v) is 9.45. The maximum Gasteiger partial charge on any atom is 0.136 e. The molecule has 0 unspecified atom stereocenters. The molecule has 0 aromatic carbocycles. The van der Waals surface area contributed by atoms with Gasteiger partial charge in [0.2, 0.25) is 0 Å². The Balaban J connectivity index is 1.76. The molecule has 3 heterocycles. The van der Waals surface area contributed by atoms with E-state index in [1.165, 1.54) is 0 Å². The lowest BCUT2D eigenvalue weighted by molar-refractivity contribution is 0.0981. The fourth-order valence-corrected chi connectivity index (χ4v) is 4.23. The van der Waals surface area contributed by atoms with Gasteiger partial charge in [-0.2, -0.15) is 0 Å². The molecule has 0 atom stereocenters. The summed E-state index contributed by atoms with van der Waals surface area (Å²) in [6.07, 6.45) is 11.5. The van der Waals surface area contributed by atoms with E-state index in [2.05, 4.69) is 49.9 Å². The van der Waals surface area contributed by atoms with Gasteiger partial charge >= 0.3 is 0 Å². The Kier molecular flexibility index (Phi) is 4.95. The standard InChI is InChI=1S/C21H32N6/c1-20(2)12-16(13-21(3,4)25-20)26(5)18(23)8-7-17(22)15-6-9-19-24-10-11-27(19)14-15/h6-11,14,16,25H,12-13,22-23H2,1-5H3/b17-7-,18-8+. The number of nitrogens with one attached hydrogen (secondary N) is 1. The molecular formula is C21H32N6. The largest absolute Gasteiger partial charge is 0.398 e. The van der Waals surface area contributed by atoms with Crippen LogP contribution < -0.4 is 16.8 Å². The average molecular weight is 369 g/mol. The van der Waals surface area contributed by atoms with Gasteiger partial charge in [-0.05, 0) is 64.8 Å². The molecule has 1 saturated heterocycles. The Bertz CT molecular complexity index is 858. The smallest absolute Gasteiger partial charge is 0.136 e. The lowest BCUT2D eigenvalue weighted by Gasteiger charge is -2.49. The van der Waals surface area contributed by atoms with Crippen molar-refractivity contribution in [3.05, 3.63) is 54.3 Å². The molecule has 0 aliphatic carbocycles. The van der Waals surface area contributed by atoms with Crippen LogP contribution >= 0.6 is 0 Å². The summed E-state index contributed by atoms with van der Waals surface area (Å²) in [4.78, 5) is 6.42. The van der Waals surface area contributed by atoms with E-state index in [0.29, 0.717) is 11.7 Å². The highest BCUT2D eigenvalue weighted by Gasteiger charge is 2.39. The number of aromatic nitrogens is 2. The van der Waals surface area contributed by atoms with E-state index in [1.54, 1.807) is 6.20 Å². The molecule has 1 aliphatic rings. The van der Waals surface area contributed by atoms with E-state index in [0.717, 1.165) is 29.9 Å². The van der Waals surface area contributed by atoms with Crippen molar-refractivity contribution in [2.24, 2.45) is 11.5 Å². The fourth-order valence-electron chi connectivity index (χ4n) is 4.23. The van der Waals surface area contributed by atoms with E-state index in [4.69, 9.17) is 11.5 Å². The molecule has 146 valence electrons. The summed E-state index contributed by atoms with van der Waals surface area (Å²) >= 11 is 0. The number of allylic oxidation sites excluding steroid dienone is 2. The number of rotatable bonds is 4. The third kappa shape index (κ3) is 4.45. The molecule has 0 amide bonds. The van der Waals surface area contributed by atoms with Gasteiger partial charge in [-0.3, -0.25) is 0 Å². The van der Waals surface area contributed by atoms with Crippen LogP contribution in [0.25, 0.3) is 11.3 Å². The van der Waals surface area contributed by atoms with Gasteiger partial charge in [0, 0.05) is 54.0 Å². The van der Waals surface area contributed by atoms with E-state index in [-0.39, 0.29) is 11.1 Å². The molecule has 6 heteroatoms. The second-order valence-electron chi connectivity index (χ2n) is 8.89. The third-order valence-corrected chi connectivity index (χ3v) is 5.28. The minimum atomic E-state index is 0.0794. The number of fused-ring (bicyclic) bond motifs is 1. The summed E-state index contributed by atoms with van der Waals surface area (Å²) in [7, 11) is 2.07. The topological polar surface area (TPSA) is 84.6 Å². The summed E-state index contributed by atoms with van der Waals surface area (Å²) in [5.74, 6) is 0.722. The maximum absolute atomic E-state index is 6.38. The van der Waals surface area contributed by atoms with Crippen LogP contribution in [0.3, 0.4) is 0 Å². The van der Waals surface area contributed by atoms with Crippen molar-refractivity contribution < 1.29 is 0 Å². The number of nitrogens with two attached hydrogens (primary N) is 2. The zero-order valence-corrected chi connectivity index (χ0v) is 17.0. The summed E-state index contributed by atoms with van der Waals surface area (Å²) in [5, 5.41) is 3.71. The quantitative estimate of drug-likeness (QED) is 0.723. The van der Waals surface area contributed by atoms with Gasteiger partial charge in [0.25, 0.3) is 0 Å². The Labute approximate surface area is 161 Å². The lowest BCUT2D eigenvalue weighted by atomic mass is 9.79. The van der Waals surface area contributed by atoms with Crippen molar-refractivity contribution in [3.8, 4) is 0 Å². The monoisotopic (exact) mass is 368 g/mol. The van der Waals surface area contributed by atoms with E-state index in [9.17, 15) is 0 Å². The molecule has 6 nitrogen and oxygen atoms in total. The molecule has 0 bridgehead atoms. The van der Waals surface area contributed by atoms with Crippen LogP contribution in [0.5, 0.6) is 0 Å². The van der Waals surface area contributed by atoms with Gasteiger partial charge in [0.05, 0.1) is 5.82 Å². The summed E-state index contributed by atoms with van der Waals surface area (Å²) in [5.41, 5.74) is 15.3. The SMILES string of the molecule is CN(/C(N)=C/C=C(\N)c1ccc2nccn2c1)C1CC(C)(C)NC(C)(C)C1. The highest BCUT2D eigenvalue weighted by atomic mass is 15.2. The van der Waals surface area contributed by atoms with Crippen molar-refractivity contribution in [2.75, 3.05) is 7.05 Å². The molecular weight excluding hydrogens is 336 g/mol. The Hall–Kier alpha value is -2.47. The molecule has 2 aromatic rings. The molecule has 3 rings (SSSR count). The van der Waals surface area contributed by atoms with Gasteiger partial charge in [-0.25, -0.2) is 4.98 Å². The maximum atomic E-state index is 6.38. The van der Waals surface area contributed by atoms with E-state index < -0.39 is 0 Å². The highest BCUT2D eigenvalue weighted by Crippen LogP contribution is 2.31. The molecule has 2 aromatic heterocycles. The third-order valence-electron chi connectivity index (χ3n) is 5.28. The summed E-state index contributed by atoms with van der Waals surface area (Å²) in [6.45, 7) is 9.00. The van der Waals surface area contributed by atoms with Gasteiger partial charge in [0.15, 0.2) is 0 Å². The van der Waals surface area contributed by atoms with Crippen molar-refractivity contribution >= 4 is 11.3 Å². The zero-order valence-electron chi connectivity index (χ0n) is 17.0. The van der Waals surface area contributed by atoms with Crippen LogP contribution in [-0.4, -0.2) is 38.5 Å².